The largest absolute Gasteiger partial charge is 0.501 e. The average Bonchev–Trinajstić information content (AvgIpc) is 2.74. The molecular weight excluding hydrogens is 423 g/mol. The van der Waals surface area contributed by atoms with Gasteiger partial charge in [0.15, 0.2) is 5.69 Å². The Kier molecular flexibility index (Phi) is 7.52. The smallest absolute Gasteiger partial charge is 0.309 e. The summed E-state index contributed by atoms with van der Waals surface area (Å²) in [6.45, 7) is 4.87. The van der Waals surface area contributed by atoms with Gasteiger partial charge in [0.05, 0.1) is 12.1 Å². The van der Waals surface area contributed by atoms with Crippen molar-refractivity contribution in [1.29, 1.82) is 0 Å². The zero-order valence-electron chi connectivity index (χ0n) is 18.1. The van der Waals surface area contributed by atoms with Crippen molar-refractivity contribution in [3.63, 3.8) is 0 Å². The van der Waals surface area contributed by atoms with E-state index in [0.717, 1.165) is 4.57 Å². The number of nitrogens with two attached hydrogens (primary N) is 1. The molecule has 2 amide bonds. The fourth-order valence-corrected chi connectivity index (χ4v) is 2.87. The molecule has 0 spiro atoms. The van der Waals surface area contributed by atoms with Gasteiger partial charge in [0.25, 0.3) is 17.4 Å². The number of nitrogens with one attached hydrogen (secondary N) is 2. The Morgan fingerprint density at radius 3 is 2.50 bits per heavy atom. The summed E-state index contributed by atoms with van der Waals surface area (Å²) in [4.78, 5) is 41.7. The molecule has 1 aromatic heterocycles. The normalized spacial score (nSPS) is 11.7. The third-order valence-electron chi connectivity index (χ3n) is 4.43. The Morgan fingerprint density at radius 2 is 1.94 bits per heavy atom. The van der Waals surface area contributed by atoms with E-state index in [-0.39, 0.29) is 24.9 Å². The molecule has 0 aliphatic heterocycles. The van der Waals surface area contributed by atoms with Crippen LogP contribution >= 0.6 is 0 Å². The molecule has 2 rings (SSSR count). The number of benzene rings is 1. The molecule has 1 heterocycles. The van der Waals surface area contributed by atoms with Gasteiger partial charge in [-0.1, -0.05) is 12.1 Å². The first-order chi connectivity index (χ1) is 15.0. The Hall–Kier alpha value is -3.96. The van der Waals surface area contributed by atoms with Crippen LogP contribution in [0.5, 0.6) is 5.75 Å². The van der Waals surface area contributed by atoms with Gasteiger partial charge in [-0.3, -0.25) is 19.0 Å². The lowest BCUT2D eigenvalue weighted by molar-refractivity contribution is -0.118. The highest BCUT2D eigenvalue weighted by Gasteiger charge is 2.32. The maximum atomic E-state index is 13.0. The van der Waals surface area contributed by atoms with Gasteiger partial charge in [0.1, 0.15) is 11.6 Å². The standard InChI is InChI=1S/C20H25FN6O5/c1-5-32-17(26-22)16(30)25-20(2,3)19-24-13(14(28)18(31)27(19)4)15(29)23-10-11-6-8-12(21)9-7-11/h6-9,28H,5,10,22H2,1-4H3,(H,23,29)(H,25,30). The maximum absolute atomic E-state index is 13.0. The van der Waals surface area contributed by atoms with Gasteiger partial charge in [-0.15, -0.1) is 5.10 Å². The summed E-state index contributed by atoms with van der Waals surface area (Å²) in [6, 6.07) is 5.43. The van der Waals surface area contributed by atoms with Crippen LogP contribution in [0.2, 0.25) is 0 Å². The van der Waals surface area contributed by atoms with Gasteiger partial charge in [-0.05, 0) is 38.5 Å². The number of rotatable bonds is 6. The third-order valence-corrected chi connectivity index (χ3v) is 4.43. The Balaban J connectivity index is 2.34. The van der Waals surface area contributed by atoms with Crippen LogP contribution in [0.1, 0.15) is 42.6 Å². The molecule has 0 atom stereocenters. The second kappa shape index (κ2) is 9.90. The number of nitrogens with zero attached hydrogens (tertiary/aromatic N) is 3. The molecule has 32 heavy (non-hydrogen) atoms. The van der Waals surface area contributed by atoms with Crippen molar-refractivity contribution in [2.75, 3.05) is 6.61 Å². The van der Waals surface area contributed by atoms with Crippen LogP contribution in [0.15, 0.2) is 34.2 Å². The first kappa shape index (κ1) is 24.3. The molecule has 1 aromatic carbocycles. The summed E-state index contributed by atoms with van der Waals surface area (Å²) in [5.41, 5.74) is -2.11. The topological polar surface area (TPSA) is 161 Å². The van der Waals surface area contributed by atoms with Crippen molar-refractivity contribution in [2.24, 2.45) is 18.0 Å². The zero-order chi connectivity index (χ0) is 24.1. The van der Waals surface area contributed by atoms with Gasteiger partial charge >= 0.3 is 5.91 Å². The van der Waals surface area contributed by atoms with E-state index in [1.807, 2.05) is 0 Å². The Bertz CT molecular complexity index is 1090. The number of aromatic hydroxyl groups is 1. The molecule has 0 aliphatic carbocycles. The summed E-state index contributed by atoms with van der Waals surface area (Å²) in [7, 11) is 1.33. The molecule has 0 unspecified atom stereocenters. The molecule has 0 saturated carbocycles. The number of carbonyl (C=O) groups excluding carboxylic acids is 2. The van der Waals surface area contributed by atoms with E-state index in [0.29, 0.717) is 5.56 Å². The SMILES string of the molecule is CCOC(=NN)C(=O)NC(C)(C)c1nc(C(=O)NCc2ccc(F)cc2)c(O)c(=O)n1C. The lowest BCUT2D eigenvalue weighted by atomic mass is 10.0. The van der Waals surface area contributed by atoms with E-state index < -0.39 is 40.2 Å². The minimum Gasteiger partial charge on any atom is -0.501 e. The van der Waals surface area contributed by atoms with Crippen LogP contribution in [0.3, 0.4) is 0 Å². The number of hydrazone groups is 1. The summed E-state index contributed by atoms with van der Waals surface area (Å²) >= 11 is 0. The van der Waals surface area contributed by atoms with Crippen LogP contribution in [-0.2, 0) is 28.7 Å². The monoisotopic (exact) mass is 448 g/mol. The van der Waals surface area contributed by atoms with Crippen LogP contribution in [0, 0.1) is 5.82 Å². The number of halogens is 1. The van der Waals surface area contributed by atoms with Crippen molar-refractivity contribution in [2.45, 2.75) is 32.9 Å². The number of carbonyl (C=O) groups is 2. The zero-order valence-corrected chi connectivity index (χ0v) is 18.1. The van der Waals surface area contributed by atoms with Crippen molar-refractivity contribution < 1.29 is 23.8 Å². The van der Waals surface area contributed by atoms with E-state index in [1.54, 1.807) is 6.92 Å². The first-order valence-corrected chi connectivity index (χ1v) is 9.58. The Labute approximate surface area is 183 Å². The highest BCUT2D eigenvalue weighted by Crippen LogP contribution is 2.20. The third kappa shape index (κ3) is 5.39. The van der Waals surface area contributed by atoms with Gasteiger partial charge in [-0.2, -0.15) is 0 Å². The minimum absolute atomic E-state index is 0.00951. The fourth-order valence-electron chi connectivity index (χ4n) is 2.87. The highest BCUT2D eigenvalue weighted by molar-refractivity contribution is 6.35. The summed E-state index contributed by atoms with van der Waals surface area (Å²) < 4.78 is 19.1. The van der Waals surface area contributed by atoms with E-state index in [2.05, 4.69) is 20.7 Å². The average molecular weight is 448 g/mol. The number of hydrogen-bond acceptors (Lipinski definition) is 8. The Morgan fingerprint density at radius 1 is 1.31 bits per heavy atom. The minimum atomic E-state index is -1.29. The quantitative estimate of drug-likeness (QED) is 0.213. The molecule has 0 bridgehead atoms. The molecular formula is C20H25FN6O5. The van der Waals surface area contributed by atoms with Crippen molar-refractivity contribution in [3.05, 3.63) is 57.5 Å². The van der Waals surface area contributed by atoms with Gasteiger partial charge in [-0.25, -0.2) is 9.37 Å². The summed E-state index contributed by atoms with van der Waals surface area (Å²) in [5, 5.41) is 18.6. The molecule has 2 aromatic rings. The van der Waals surface area contributed by atoms with E-state index in [9.17, 15) is 23.9 Å². The lowest BCUT2D eigenvalue weighted by Gasteiger charge is -2.27. The van der Waals surface area contributed by atoms with Crippen LogP contribution in [-0.4, -0.2) is 39.0 Å². The second-order valence-corrected chi connectivity index (χ2v) is 7.25. The van der Waals surface area contributed by atoms with Crippen LogP contribution < -0.4 is 22.0 Å². The number of amides is 2. The molecule has 0 saturated heterocycles. The highest BCUT2D eigenvalue weighted by atomic mass is 19.1. The first-order valence-electron chi connectivity index (χ1n) is 9.58. The van der Waals surface area contributed by atoms with Gasteiger partial charge in [0.2, 0.25) is 5.75 Å². The van der Waals surface area contributed by atoms with Gasteiger partial charge < -0.3 is 26.3 Å². The lowest BCUT2D eigenvalue weighted by Crippen LogP contribution is -2.48. The molecule has 5 N–H and O–H groups in total. The van der Waals surface area contributed by atoms with E-state index >= 15 is 0 Å². The number of ether oxygens (including phenoxy) is 1. The maximum Gasteiger partial charge on any atom is 0.309 e. The molecule has 12 heteroatoms. The van der Waals surface area contributed by atoms with Crippen LogP contribution in [0.4, 0.5) is 4.39 Å². The van der Waals surface area contributed by atoms with Crippen LogP contribution in [0.25, 0.3) is 0 Å². The van der Waals surface area contributed by atoms with Gasteiger partial charge in [0, 0.05) is 13.6 Å². The molecule has 11 nitrogen and oxygen atoms in total. The fraction of sp³-hybridized carbons (Fsp3) is 0.350. The van der Waals surface area contributed by atoms with Crippen molar-refractivity contribution in [3.8, 4) is 5.75 Å². The summed E-state index contributed by atoms with van der Waals surface area (Å²) in [5.74, 6) is 1.91. The number of aromatic nitrogens is 2. The predicted octanol–water partition coefficient (Wildman–Crippen LogP) is 0.215. The molecule has 0 radical (unpaired) electrons. The van der Waals surface area contributed by atoms with Crippen molar-refractivity contribution >= 4 is 17.7 Å². The molecule has 0 fully saturated rings. The summed E-state index contributed by atoms with van der Waals surface area (Å²) in [6.07, 6.45) is 0. The van der Waals surface area contributed by atoms with E-state index in [4.69, 9.17) is 10.6 Å². The second-order valence-electron chi connectivity index (χ2n) is 7.25. The predicted molar refractivity (Wildman–Crippen MR) is 113 cm³/mol. The van der Waals surface area contributed by atoms with E-state index in [1.165, 1.54) is 45.2 Å². The molecule has 0 aliphatic rings. The number of hydrogen-bond donors (Lipinski definition) is 4. The molecule has 172 valence electrons. The van der Waals surface area contributed by atoms with Crippen molar-refractivity contribution in [1.82, 2.24) is 20.2 Å².